The molecule has 0 unspecified atom stereocenters. The second kappa shape index (κ2) is 8.55. The average molecular weight is 458 g/mol. The third-order valence-electron chi connectivity index (χ3n) is 6.12. The van der Waals surface area contributed by atoms with Gasteiger partial charge in [-0.25, -0.2) is 0 Å². The van der Waals surface area contributed by atoms with Crippen LogP contribution < -0.4 is 19.8 Å². The number of hydrogen-bond acceptors (Lipinski definition) is 6. The van der Waals surface area contributed by atoms with Crippen molar-refractivity contribution in [3.8, 4) is 28.5 Å². The van der Waals surface area contributed by atoms with Gasteiger partial charge in [-0.05, 0) is 47.2 Å². The van der Waals surface area contributed by atoms with Gasteiger partial charge in [-0.3, -0.25) is 14.9 Å². The summed E-state index contributed by atoms with van der Waals surface area (Å²) in [7, 11) is 2.94. The van der Waals surface area contributed by atoms with Crippen LogP contribution >= 0.6 is 0 Å². The topological polar surface area (TPSA) is 92.8 Å². The fourth-order valence-corrected chi connectivity index (χ4v) is 4.48. The largest absolute Gasteiger partial charge is 0.493 e. The van der Waals surface area contributed by atoms with Gasteiger partial charge in [0.2, 0.25) is 5.75 Å². The van der Waals surface area contributed by atoms with Crippen molar-refractivity contribution >= 4 is 16.5 Å². The van der Waals surface area contributed by atoms with Crippen LogP contribution in [0.15, 0.2) is 65.5 Å². The number of nitro benzene ring substituents is 1. The van der Waals surface area contributed by atoms with Gasteiger partial charge in [0.25, 0.3) is 5.56 Å². The maximum Gasteiger partial charge on any atom is 0.311 e. The zero-order chi connectivity index (χ0) is 23.8. The van der Waals surface area contributed by atoms with E-state index in [4.69, 9.17) is 14.2 Å². The van der Waals surface area contributed by atoms with Crippen LogP contribution in [-0.4, -0.2) is 23.7 Å². The van der Waals surface area contributed by atoms with Crippen LogP contribution in [-0.2, 0) is 19.6 Å². The summed E-state index contributed by atoms with van der Waals surface area (Å²) in [6.07, 6.45) is 0.611. The molecule has 4 aromatic rings. The standard InChI is InChI=1S/C26H22N2O6/c1-32-22-13-17-10-11-27-21(19(17)14-23(22)34-15-16-6-4-3-5-7-16)12-18-8-9-20(28(30)31)25(33-2)24(18)26(27)29/h3-9,12-14H,10-11,15H2,1-2H3. The van der Waals surface area contributed by atoms with Crippen molar-refractivity contribution in [1.82, 2.24) is 4.57 Å². The minimum Gasteiger partial charge on any atom is -0.493 e. The Hall–Kier alpha value is -4.33. The summed E-state index contributed by atoms with van der Waals surface area (Å²) in [5.74, 6) is 1.19. The Morgan fingerprint density at radius 3 is 2.50 bits per heavy atom. The molecule has 1 aliphatic heterocycles. The average Bonchev–Trinajstić information content (AvgIpc) is 2.86. The van der Waals surface area contributed by atoms with Gasteiger partial charge in [-0.2, -0.15) is 0 Å². The van der Waals surface area contributed by atoms with Gasteiger partial charge < -0.3 is 18.8 Å². The predicted octanol–water partition coefficient (Wildman–Crippen LogP) is 4.73. The van der Waals surface area contributed by atoms with E-state index in [-0.39, 0.29) is 22.4 Å². The number of methoxy groups -OCH3 is 2. The van der Waals surface area contributed by atoms with Crippen molar-refractivity contribution in [3.05, 3.63) is 92.3 Å². The number of benzene rings is 3. The number of aryl methyl sites for hydroxylation is 1. The minimum absolute atomic E-state index is 0.0183. The molecule has 34 heavy (non-hydrogen) atoms. The number of rotatable bonds is 6. The van der Waals surface area contributed by atoms with E-state index in [1.165, 1.54) is 13.2 Å². The lowest BCUT2D eigenvalue weighted by Gasteiger charge is -2.24. The summed E-state index contributed by atoms with van der Waals surface area (Å²) >= 11 is 0. The van der Waals surface area contributed by atoms with Crippen molar-refractivity contribution in [2.75, 3.05) is 14.2 Å². The minimum atomic E-state index is -0.542. The maximum atomic E-state index is 13.5. The summed E-state index contributed by atoms with van der Waals surface area (Å²) in [5.41, 5.74) is 3.11. The highest BCUT2D eigenvalue weighted by molar-refractivity contribution is 5.94. The van der Waals surface area contributed by atoms with E-state index in [0.717, 1.165) is 22.4 Å². The Labute approximate surface area is 195 Å². The first-order chi connectivity index (χ1) is 16.5. The number of pyridine rings is 1. The molecule has 3 aromatic carbocycles. The highest BCUT2D eigenvalue weighted by Gasteiger charge is 2.26. The van der Waals surface area contributed by atoms with Crippen LogP contribution in [0.4, 0.5) is 5.69 Å². The maximum absolute atomic E-state index is 13.5. The van der Waals surface area contributed by atoms with Gasteiger partial charge >= 0.3 is 5.69 Å². The third-order valence-corrected chi connectivity index (χ3v) is 6.12. The molecule has 1 aromatic heterocycles. The molecule has 8 nitrogen and oxygen atoms in total. The van der Waals surface area contributed by atoms with E-state index in [9.17, 15) is 14.9 Å². The molecule has 8 heteroatoms. The molecule has 172 valence electrons. The second-order valence-electron chi connectivity index (χ2n) is 8.01. The molecule has 0 N–H and O–H groups in total. The van der Waals surface area contributed by atoms with Gasteiger partial charge in [0.15, 0.2) is 11.5 Å². The lowest BCUT2D eigenvalue weighted by Crippen LogP contribution is -2.26. The zero-order valence-corrected chi connectivity index (χ0v) is 18.7. The van der Waals surface area contributed by atoms with Crippen LogP contribution in [0.1, 0.15) is 11.1 Å². The Morgan fingerprint density at radius 2 is 1.79 bits per heavy atom. The monoisotopic (exact) mass is 458 g/mol. The van der Waals surface area contributed by atoms with E-state index in [2.05, 4.69) is 0 Å². The molecule has 0 amide bonds. The molecule has 5 rings (SSSR count). The molecule has 0 radical (unpaired) electrons. The van der Waals surface area contributed by atoms with E-state index in [0.29, 0.717) is 36.5 Å². The molecule has 0 bridgehead atoms. The van der Waals surface area contributed by atoms with Crippen LogP contribution in [0.3, 0.4) is 0 Å². The molecule has 0 saturated carbocycles. The molecule has 0 saturated heterocycles. The fourth-order valence-electron chi connectivity index (χ4n) is 4.48. The number of nitrogens with zero attached hydrogens (tertiary/aromatic N) is 2. The molecular formula is C26H22N2O6. The zero-order valence-electron chi connectivity index (χ0n) is 18.7. The van der Waals surface area contributed by atoms with Gasteiger partial charge in [0, 0.05) is 18.2 Å². The van der Waals surface area contributed by atoms with Crippen LogP contribution in [0.5, 0.6) is 17.2 Å². The number of hydrogen-bond donors (Lipinski definition) is 0. The number of aromatic nitrogens is 1. The second-order valence-corrected chi connectivity index (χ2v) is 8.01. The van der Waals surface area contributed by atoms with Crippen molar-refractivity contribution in [3.63, 3.8) is 0 Å². The normalized spacial score (nSPS) is 12.1. The molecular weight excluding hydrogens is 436 g/mol. The molecule has 0 aliphatic carbocycles. The smallest absolute Gasteiger partial charge is 0.311 e. The Morgan fingerprint density at radius 1 is 1.00 bits per heavy atom. The SMILES string of the molecule is COc1cc2c(cc1OCc1ccccc1)-c1cc3ccc([N+](=O)[O-])c(OC)c3c(=O)n1CC2. The Kier molecular flexibility index (Phi) is 5.41. The number of fused-ring (bicyclic) bond motifs is 4. The van der Waals surface area contributed by atoms with E-state index >= 15 is 0 Å². The summed E-state index contributed by atoms with van der Waals surface area (Å²) in [4.78, 5) is 24.4. The number of ether oxygens (including phenoxy) is 3. The molecule has 0 atom stereocenters. The van der Waals surface area contributed by atoms with Crippen LogP contribution in [0.25, 0.3) is 22.0 Å². The van der Waals surface area contributed by atoms with Gasteiger partial charge in [-0.1, -0.05) is 30.3 Å². The lowest BCUT2D eigenvalue weighted by atomic mass is 9.95. The van der Waals surface area contributed by atoms with Crippen molar-refractivity contribution in [1.29, 1.82) is 0 Å². The van der Waals surface area contributed by atoms with Crippen LogP contribution in [0, 0.1) is 10.1 Å². The van der Waals surface area contributed by atoms with Gasteiger partial charge in [0.05, 0.1) is 30.2 Å². The predicted molar refractivity (Wildman–Crippen MR) is 128 cm³/mol. The van der Waals surface area contributed by atoms with E-state index in [1.807, 2.05) is 48.5 Å². The quantitative estimate of drug-likeness (QED) is 0.306. The lowest BCUT2D eigenvalue weighted by molar-refractivity contribution is -0.385. The Balaban J connectivity index is 1.65. The Bertz CT molecular complexity index is 1480. The summed E-state index contributed by atoms with van der Waals surface area (Å²) < 4.78 is 18.6. The van der Waals surface area contributed by atoms with Gasteiger partial charge in [0.1, 0.15) is 6.61 Å². The first-order valence-electron chi connectivity index (χ1n) is 10.8. The molecule has 2 heterocycles. The first kappa shape index (κ1) is 21.5. The molecule has 0 spiro atoms. The summed E-state index contributed by atoms with van der Waals surface area (Å²) in [5, 5.41) is 12.2. The number of nitro groups is 1. The summed E-state index contributed by atoms with van der Waals surface area (Å²) in [6, 6.07) is 18.5. The third kappa shape index (κ3) is 3.53. The molecule has 0 fully saturated rings. The summed E-state index contributed by atoms with van der Waals surface area (Å²) in [6.45, 7) is 0.817. The fraction of sp³-hybridized carbons (Fsp3) is 0.192. The highest BCUT2D eigenvalue weighted by atomic mass is 16.6. The van der Waals surface area contributed by atoms with Crippen LogP contribution in [0.2, 0.25) is 0 Å². The van der Waals surface area contributed by atoms with E-state index < -0.39 is 4.92 Å². The van der Waals surface area contributed by atoms with E-state index in [1.54, 1.807) is 17.7 Å². The first-order valence-corrected chi connectivity index (χ1v) is 10.8. The van der Waals surface area contributed by atoms with Crippen molar-refractivity contribution in [2.45, 2.75) is 19.6 Å². The highest BCUT2D eigenvalue weighted by Crippen LogP contribution is 2.41. The molecule has 1 aliphatic rings. The van der Waals surface area contributed by atoms with Crippen molar-refractivity contribution < 1.29 is 19.1 Å². The van der Waals surface area contributed by atoms with Crippen molar-refractivity contribution in [2.24, 2.45) is 0 Å². The van der Waals surface area contributed by atoms with Gasteiger partial charge in [-0.15, -0.1) is 0 Å².